The Kier molecular flexibility index (Phi) is 4.10. The van der Waals surface area contributed by atoms with E-state index in [1.165, 1.54) is 0 Å². The van der Waals surface area contributed by atoms with Crippen molar-refractivity contribution in [3.05, 3.63) is 23.9 Å². The van der Waals surface area contributed by atoms with Gasteiger partial charge < -0.3 is 14.8 Å². The summed E-state index contributed by atoms with van der Waals surface area (Å²) in [5.74, 6) is 1.51. The van der Waals surface area contributed by atoms with Crippen LogP contribution >= 0.6 is 0 Å². The number of fused-ring (bicyclic) bond motifs is 1. The highest BCUT2D eigenvalue weighted by Crippen LogP contribution is 2.34. The zero-order valence-corrected chi connectivity index (χ0v) is 11.9. The number of aryl methyl sites for hydroxylation is 1. The molecule has 0 amide bonds. The molecule has 19 heavy (non-hydrogen) atoms. The predicted octanol–water partition coefficient (Wildman–Crippen LogP) is 3.38. The molecule has 102 valence electrons. The summed E-state index contributed by atoms with van der Waals surface area (Å²) in [6, 6.07) is 5.90. The van der Waals surface area contributed by atoms with Crippen LogP contribution in [0.4, 0.5) is 5.69 Å². The molecule has 0 unspecified atom stereocenters. The molecule has 4 nitrogen and oxygen atoms in total. The van der Waals surface area contributed by atoms with Gasteiger partial charge in [0.05, 0.1) is 14.2 Å². The lowest BCUT2D eigenvalue weighted by atomic mass is 10.1. The molecule has 0 saturated heterocycles. The molecule has 0 bridgehead atoms. The van der Waals surface area contributed by atoms with Crippen molar-refractivity contribution >= 4 is 16.6 Å². The standard InChI is InChI=1S/C15H20N2O2/c1-5-6-16-13-7-10(2)17-15-12(13)8-11(18-3)9-14(15)19-4/h7-9H,5-6H2,1-4H3,(H,16,17). The van der Waals surface area contributed by atoms with E-state index in [2.05, 4.69) is 23.3 Å². The summed E-state index contributed by atoms with van der Waals surface area (Å²) in [6.07, 6.45) is 1.07. The van der Waals surface area contributed by atoms with Gasteiger partial charge in [-0.3, -0.25) is 0 Å². The number of hydrogen-bond acceptors (Lipinski definition) is 4. The molecular formula is C15H20N2O2. The van der Waals surface area contributed by atoms with Crippen molar-refractivity contribution in [1.29, 1.82) is 0 Å². The molecule has 1 aromatic carbocycles. The van der Waals surface area contributed by atoms with Gasteiger partial charge >= 0.3 is 0 Å². The number of methoxy groups -OCH3 is 2. The molecule has 0 radical (unpaired) electrons. The molecule has 0 atom stereocenters. The molecule has 0 fully saturated rings. The molecule has 4 heteroatoms. The van der Waals surface area contributed by atoms with Crippen LogP contribution in [0.5, 0.6) is 11.5 Å². The lowest BCUT2D eigenvalue weighted by molar-refractivity contribution is 0.397. The number of hydrogen-bond donors (Lipinski definition) is 1. The number of aromatic nitrogens is 1. The van der Waals surface area contributed by atoms with E-state index >= 15 is 0 Å². The van der Waals surface area contributed by atoms with Gasteiger partial charge in [0.2, 0.25) is 0 Å². The van der Waals surface area contributed by atoms with Crippen LogP contribution in [0.25, 0.3) is 10.9 Å². The van der Waals surface area contributed by atoms with Crippen molar-refractivity contribution in [2.75, 3.05) is 26.1 Å². The Morgan fingerprint density at radius 2 is 1.95 bits per heavy atom. The Balaban J connectivity index is 2.66. The van der Waals surface area contributed by atoms with Gasteiger partial charge in [0, 0.05) is 29.4 Å². The zero-order valence-electron chi connectivity index (χ0n) is 11.9. The number of nitrogens with one attached hydrogen (secondary N) is 1. The quantitative estimate of drug-likeness (QED) is 0.895. The first-order valence-electron chi connectivity index (χ1n) is 6.46. The normalized spacial score (nSPS) is 10.5. The van der Waals surface area contributed by atoms with Crippen molar-refractivity contribution in [2.45, 2.75) is 20.3 Å². The number of rotatable bonds is 5. The van der Waals surface area contributed by atoms with Gasteiger partial charge in [-0.15, -0.1) is 0 Å². The van der Waals surface area contributed by atoms with Gasteiger partial charge in [-0.2, -0.15) is 0 Å². The Morgan fingerprint density at radius 3 is 2.58 bits per heavy atom. The van der Waals surface area contributed by atoms with Gasteiger partial charge in [0.15, 0.2) is 0 Å². The molecule has 0 spiro atoms. The highest BCUT2D eigenvalue weighted by molar-refractivity contribution is 5.96. The summed E-state index contributed by atoms with van der Waals surface area (Å²) in [7, 11) is 3.30. The van der Waals surface area contributed by atoms with E-state index in [0.29, 0.717) is 0 Å². The number of benzene rings is 1. The highest BCUT2D eigenvalue weighted by Gasteiger charge is 2.11. The van der Waals surface area contributed by atoms with Crippen molar-refractivity contribution in [2.24, 2.45) is 0 Å². The van der Waals surface area contributed by atoms with E-state index in [9.17, 15) is 0 Å². The van der Waals surface area contributed by atoms with Crippen LogP contribution in [0.3, 0.4) is 0 Å². The van der Waals surface area contributed by atoms with Crippen LogP contribution in [-0.2, 0) is 0 Å². The fourth-order valence-corrected chi connectivity index (χ4v) is 2.08. The topological polar surface area (TPSA) is 43.4 Å². The molecule has 2 aromatic rings. The molecule has 0 aliphatic carbocycles. The third kappa shape index (κ3) is 2.72. The maximum absolute atomic E-state index is 5.41. The van der Waals surface area contributed by atoms with E-state index in [-0.39, 0.29) is 0 Å². The van der Waals surface area contributed by atoms with Crippen LogP contribution in [0.1, 0.15) is 19.0 Å². The van der Waals surface area contributed by atoms with E-state index in [4.69, 9.17) is 9.47 Å². The summed E-state index contributed by atoms with van der Waals surface area (Å²) < 4.78 is 10.7. The van der Waals surface area contributed by atoms with Crippen molar-refractivity contribution < 1.29 is 9.47 Å². The Bertz CT molecular complexity index is 582. The highest BCUT2D eigenvalue weighted by atomic mass is 16.5. The fourth-order valence-electron chi connectivity index (χ4n) is 2.08. The maximum atomic E-state index is 5.41. The summed E-state index contributed by atoms with van der Waals surface area (Å²) in [4.78, 5) is 4.57. The third-order valence-corrected chi connectivity index (χ3v) is 3.00. The predicted molar refractivity (Wildman–Crippen MR) is 78.4 cm³/mol. The van der Waals surface area contributed by atoms with E-state index in [1.54, 1.807) is 14.2 Å². The maximum Gasteiger partial charge on any atom is 0.148 e. The second kappa shape index (κ2) is 5.78. The lowest BCUT2D eigenvalue weighted by Crippen LogP contribution is -2.02. The number of ether oxygens (including phenoxy) is 2. The van der Waals surface area contributed by atoms with Crippen LogP contribution in [-0.4, -0.2) is 25.7 Å². The lowest BCUT2D eigenvalue weighted by Gasteiger charge is -2.13. The van der Waals surface area contributed by atoms with Gasteiger partial charge in [0.1, 0.15) is 17.0 Å². The summed E-state index contributed by atoms with van der Waals surface area (Å²) in [5, 5.41) is 4.45. The van der Waals surface area contributed by atoms with Gasteiger partial charge in [-0.25, -0.2) is 4.98 Å². The minimum Gasteiger partial charge on any atom is -0.497 e. The third-order valence-electron chi connectivity index (χ3n) is 3.00. The van der Waals surface area contributed by atoms with Crippen molar-refractivity contribution in [3.8, 4) is 11.5 Å². The second-order valence-corrected chi connectivity index (χ2v) is 4.46. The molecule has 0 aliphatic rings. The number of nitrogens with zero attached hydrogens (tertiary/aromatic N) is 1. The van der Waals surface area contributed by atoms with E-state index < -0.39 is 0 Å². The second-order valence-electron chi connectivity index (χ2n) is 4.46. The van der Waals surface area contributed by atoms with Crippen LogP contribution < -0.4 is 14.8 Å². The molecule has 2 rings (SSSR count). The first-order valence-corrected chi connectivity index (χ1v) is 6.46. The Morgan fingerprint density at radius 1 is 1.16 bits per heavy atom. The summed E-state index contributed by atoms with van der Waals surface area (Å²) >= 11 is 0. The number of pyridine rings is 1. The molecule has 0 aliphatic heterocycles. The molecular weight excluding hydrogens is 240 g/mol. The molecule has 1 N–H and O–H groups in total. The summed E-state index contributed by atoms with van der Waals surface area (Å²) in [6.45, 7) is 5.06. The van der Waals surface area contributed by atoms with E-state index in [1.807, 2.05) is 19.1 Å². The van der Waals surface area contributed by atoms with Gasteiger partial charge in [-0.1, -0.05) is 6.92 Å². The SMILES string of the molecule is CCCNc1cc(C)nc2c(OC)cc(OC)cc12. The largest absolute Gasteiger partial charge is 0.497 e. The van der Waals surface area contributed by atoms with Crippen LogP contribution in [0.2, 0.25) is 0 Å². The fraction of sp³-hybridized carbons (Fsp3) is 0.400. The van der Waals surface area contributed by atoms with Gasteiger partial charge in [-0.05, 0) is 25.5 Å². The Hall–Kier alpha value is -1.97. The Labute approximate surface area is 113 Å². The average molecular weight is 260 g/mol. The van der Waals surface area contributed by atoms with Crippen molar-refractivity contribution in [1.82, 2.24) is 4.98 Å². The average Bonchev–Trinajstić information content (AvgIpc) is 2.43. The first kappa shape index (κ1) is 13.5. The molecule has 0 saturated carbocycles. The van der Waals surface area contributed by atoms with Gasteiger partial charge in [0.25, 0.3) is 0 Å². The smallest absolute Gasteiger partial charge is 0.148 e. The number of anilines is 1. The summed E-state index contributed by atoms with van der Waals surface area (Å²) in [5.41, 5.74) is 2.90. The minimum absolute atomic E-state index is 0.734. The monoisotopic (exact) mass is 260 g/mol. The molecule has 1 aromatic heterocycles. The van der Waals surface area contributed by atoms with Crippen LogP contribution in [0.15, 0.2) is 18.2 Å². The van der Waals surface area contributed by atoms with Crippen molar-refractivity contribution in [3.63, 3.8) is 0 Å². The molecule has 1 heterocycles. The van der Waals surface area contributed by atoms with Crippen LogP contribution in [0, 0.1) is 6.92 Å². The first-order chi connectivity index (χ1) is 9.19. The van der Waals surface area contributed by atoms with E-state index in [0.717, 1.165) is 46.7 Å². The minimum atomic E-state index is 0.734. The zero-order chi connectivity index (χ0) is 13.8.